The summed E-state index contributed by atoms with van der Waals surface area (Å²) < 4.78 is 5.26. The van der Waals surface area contributed by atoms with E-state index in [1.54, 1.807) is 6.92 Å². The molecule has 0 aliphatic rings. The summed E-state index contributed by atoms with van der Waals surface area (Å²) in [5.41, 5.74) is 0.747. The van der Waals surface area contributed by atoms with Crippen LogP contribution >= 0.6 is 0 Å². The minimum atomic E-state index is -1.19. The molecular formula is C15H24O3Si. The third-order valence-corrected chi connectivity index (χ3v) is 4.79. The first kappa shape index (κ1) is 15.9. The van der Waals surface area contributed by atoms with Gasteiger partial charge in [-0.2, -0.15) is 0 Å². The van der Waals surface area contributed by atoms with Crippen molar-refractivity contribution in [3.63, 3.8) is 0 Å². The van der Waals surface area contributed by atoms with Crippen molar-refractivity contribution in [3.8, 4) is 0 Å². The van der Waals surface area contributed by atoms with E-state index in [1.165, 1.54) is 0 Å². The zero-order valence-electron chi connectivity index (χ0n) is 12.2. The quantitative estimate of drug-likeness (QED) is 0.643. The maximum absolute atomic E-state index is 11.9. The van der Waals surface area contributed by atoms with Crippen LogP contribution < -0.4 is 0 Å². The molecule has 0 aliphatic heterocycles. The van der Waals surface area contributed by atoms with Gasteiger partial charge in [0.2, 0.25) is 0 Å². The topological polar surface area (TPSA) is 46.5 Å². The molecule has 1 rings (SSSR count). The zero-order chi connectivity index (χ0) is 14.5. The first-order valence-corrected chi connectivity index (χ1v) is 10.4. The molecule has 106 valence electrons. The van der Waals surface area contributed by atoms with Gasteiger partial charge in [0.25, 0.3) is 0 Å². The van der Waals surface area contributed by atoms with Crippen LogP contribution in [-0.4, -0.2) is 25.8 Å². The van der Waals surface area contributed by atoms with E-state index in [0.29, 0.717) is 6.61 Å². The second kappa shape index (κ2) is 6.87. The van der Waals surface area contributed by atoms with E-state index >= 15 is 0 Å². The molecule has 0 amide bonds. The van der Waals surface area contributed by atoms with Crippen LogP contribution in [-0.2, 0) is 9.53 Å². The molecule has 2 atom stereocenters. The summed E-state index contributed by atoms with van der Waals surface area (Å²) in [6.07, 6.45) is -0.805. The van der Waals surface area contributed by atoms with E-state index in [0.717, 1.165) is 11.6 Å². The fourth-order valence-corrected chi connectivity index (χ4v) is 2.37. The van der Waals surface area contributed by atoms with Gasteiger partial charge in [-0.3, -0.25) is 4.79 Å². The van der Waals surface area contributed by atoms with E-state index in [-0.39, 0.29) is 5.97 Å². The molecule has 1 aromatic rings. The number of hydrogen-bond acceptors (Lipinski definition) is 3. The predicted octanol–water partition coefficient (Wildman–Crippen LogP) is 3.24. The third-order valence-electron chi connectivity index (χ3n) is 3.08. The Morgan fingerprint density at radius 3 is 2.37 bits per heavy atom. The van der Waals surface area contributed by atoms with Gasteiger partial charge >= 0.3 is 5.97 Å². The van der Waals surface area contributed by atoms with Crippen LogP contribution in [0.25, 0.3) is 0 Å². The molecule has 0 fully saturated rings. The molecule has 1 N–H and O–H groups in total. The van der Waals surface area contributed by atoms with E-state index < -0.39 is 20.1 Å². The molecule has 0 aliphatic carbocycles. The Kier molecular flexibility index (Phi) is 5.75. The number of aliphatic hydroxyl groups is 1. The maximum atomic E-state index is 11.9. The average Bonchev–Trinajstić information content (AvgIpc) is 2.36. The Balaban J connectivity index is 2.48. The van der Waals surface area contributed by atoms with Gasteiger partial charge in [-0.25, -0.2) is 0 Å². The first-order chi connectivity index (χ1) is 8.81. The summed E-state index contributed by atoms with van der Waals surface area (Å²) in [5.74, 6) is -0.862. The van der Waals surface area contributed by atoms with Crippen molar-refractivity contribution in [2.75, 3.05) is 6.61 Å². The number of hydrogen-bond donors (Lipinski definition) is 1. The van der Waals surface area contributed by atoms with Crippen LogP contribution in [0.2, 0.25) is 25.7 Å². The lowest BCUT2D eigenvalue weighted by Crippen LogP contribution is -2.26. The number of benzene rings is 1. The van der Waals surface area contributed by atoms with Crippen molar-refractivity contribution in [2.24, 2.45) is 5.92 Å². The molecule has 0 heterocycles. The lowest BCUT2D eigenvalue weighted by Gasteiger charge is -2.20. The average molecular weight is 280 g/mol. The van der Waals surface area contributed by atoms with Gasteiger partial charge in [0.1, 0.15) is 0 Å². The number of esters is 1. The van der Waals surface area contributed by atoms with Crippen LogP contribution in [0, 0.1) is 5.92 Å². The number of carbonyl (C=O) groups excluding carboxylic acids is 1. The van der Waals surface area contributed by atoms with Gasteiger partial charge in [0.15, 0.2) is 0 Å². The second-order valence-electron chi connectivity index (χ2n) is 6.12. The highest BCUT2D eigenvalue weighted by atomic mass is 28.3. The molecule has 0 bridgehead atoms. The SMILES string of the molecule is C[C@@H](C(=O)OCC[Si](C)(C)C)[C@@H](O)c1ccccc1. The first-order valence-electron chi connectivity index (χ1n) is 6.71. The molecule has 0 saturated carbocycles. The Hall–Kier alpha value is -1.13. The van der Waals surface area contributed by atoms with E-state index in [4.69, 9.17) is 4.74 Å². The van der Waals surface area contributed by atoms with Crippen molar-refractivity contribution < 1.29 is 14.6 Å². The van der Waals surface area contributed by atoms with Gasteiger partial charge in [0.05, 0.1) is 18.6 Å². The molecule has 4 heteroatoms. The second-order valence-corrected chi connectivity index (χ2v) is 11.7. The van der Waals surface area contributed by atoms with Crippen LogP contribution in [0.15, 0.2) is 30.3 Å². The lowest BCUT2D eigenvalue weighted by molar-refractivity contribution is -0.151. The smallest absolute Gasteiger partial charge is 0.311 e. The Labute approximate surface area is 116 Å². The van der Waals surface area contributed by atoms with Crippen LogP contribution in [0.3, 0.4) is 0 Å². The molecule has 3 nitrogen and oxygen atoms in total. The lowest BCUT2D eigenvalue weighted by atomic mass is 9.98. The monoisotopic (exact) mass is 280 g/mol. The van der Waals surface area contributed by atoms with Crippen molar-refractivity contribution >= 4 is 14.0 Å². The van der Waals surface area contributed by atoms with Crippen molar-refractivity contribution in [3.05, 3.63) is 35.9 Å². The standard InChI is InChI=1S/C15H24O3Si/c1-12(14(16)13-8-6-5-7-9-13)15(17)18-10-11-19(2,3)4/h5-9,12,14,16H,10-11H2,1-4H3/t12-,14-/m1/s1. The van der Waals surface area contributed by atoms with Gasteiger partial charge in [-0.15, -0.1) is 0 Å². The summed E-state index contributed by atoms with van der Waals surface area (Å²) in [4.78, 5) is 11.9. The number of aliphatic hydroxyl groups excluding tert-OH is 1. The highest BCUT2D eigenvalue weighted by Crippen LogP contribution is 2.22. The van der Waals surface area contributed by atoms with E-state index in [9.17, 15) is 9.90 Å². The van der Waals surface area contributed by atoms with Crippen LogP contribution in [0.4, 0.5) is 0 Å². The van der Waals surface area contributed by atoms with Gasteiger partial charge in [0, 0.05) is 8.07 Å². The van der Waals surface area contributed by atoms with Crippen molar-refractivity contribution in [1.29, 1.82) is 0 Å². The molecule has 0 unspecified atom stereocenters. The highest BCUT2D eigenvalue weighted by molar-refractivity contribution is 6.76. The van der Waals surface area contributed by atoms with Gasteiger partial charge in [-0.1, -0.05) is 50.0 Å². The van der Waals surface area contributed by atoms with Gasteiger partial charge < -0.3 is 9.84 Å². The zero-order valence-corrected chi connectivity index (χ0v) is 13.2. The maximum Gasteiger partial charge on any atom is 0.311 e. The largest absolute Gasteiger partial charge is 0.466 e. The predicted molar refractivity (Wildman–Crippen MR) is 79.7 cm³/mol. The summed E-state index contributed by atoms with van der Waals surface area (Å²) in [7, 11) is -1.19. The molecule has 0 radical (unpaired) electrons. The number of carbonyl (C=O) groups is 1. The van der Waals surface area contributed by atoms with Crippen LogP contribution in [0.1, 0.15) is 18.6 Å². The summed E-state index contributed by atoms with van der Waals surface area (Å²) in [5, 5.41) is 10.1. The molecule has 0 aromatic heterocycles. The Morgan fingerprint density at radius 1 is 1.26 bits per heavy atom. The summed E-state index contributed by atoms with van der Waals surface area (Å²) in [6, 6.07) is 10.2. The summed E-state index contributed by atoms with van der Waals surface area (Å²) >= 11 is 0. The van der Waals surface area contributed by atoms with Crippen molar-refractivity contribution in [2.45, 2.75) is 38.7 Å². The molecule has 19 heavy (non-hydrogen) atoms. The van der Waals surface area contributed by atoms with E-state index in [1.807, 2.05) is 30.3 Å². The normalized spacial score (nSPS) is 14.8. The molecule has 0 spiro atoms. The highest BCUT2D eigenvalue weighted by Gasteiger charge is 2.25. The summed E-state index contributed by atoms with van der Waals surface area (Å²) in [6.45, 7) is 8.88. The van der Waals surface area contributed by atoms with Crippen molar-refractivity contribution in [1.82, 2.24) is 0 Å². The minimum absolute atomic E-state index is 0.324. The van der Waals surface area contributed by atoms with Crippen LogP contribution in [0.5, 0.6) is 0 Å². The molecule has 0 saturated heterocycles. The Bertz CT molecular complexity index is 398. The number of ether oxygens (including phenoxy) is 1. The minimum Gasteiger partial charge on any atom is -0.466 e. The fraction of sp³-hybridized carbons (Fsp3) is 0.533. The molecule has 1 aromatic carbocycles. The molecular weight excluding hydrogens is 256 g/mol. The third kappa shape index (κ3) is 5.57. The van der Waals surface area contributed by atoms with Gasteiger partial charge in [-0.05, 0) is 18.5 Å². The fourth-order valence-electron chi connectivity index (χ4n) is 1.66. The van der Waals surface area contributed by atoms with E-state index in [2.05, 4.69) is 19.6 Å². The Morgan fingerprint density at radius 2 is 1.84 bits per heavy atom. The number of rotatable bonds is 6.